The highest BCUT2D eigenvalue weighted by molar-refractivity contribution is 8.00. The molecule has 1 fully saturated rings. The van der Waals surface area contributed by atoms with E-state index in [1.165, 1.54) is 22.9 Å². The number of morpholine rings is 1. The van der Waals surface area contributed by atoms with Crippen LogP contribution in [0.15, 0.2) is 52.4 Å². The van der Waals surface area contributed by atoms with Crippen molar-refractivity contribution in [2.24, 2.45) is 0 Å². The van der Waals surface area contributed by atoms with E-state index in [1.807, 2.05) is 37.3 Å². The molecule has 3 aromatic rings. The van der Waals surface area contributed by atoms with Crippen molar-refractivity contribution < 1.29 is 9.53 Å². The molecule has 0 saturated carbocycles. The SMILES string of the molecule is C[C@H](Sc1nc2ccccc2c(=O)n1CCCN1CCOCC1)C(=O)c1ccc2c(c1)CCC2. The molecule has 1 aromatic heterocycles. The van der Waals surface area contributed by atoms with Crippen LogP contribution in [0, 0.1) is 0 Å². The Bertz CT molecular complexity index is 1250. The summed E-state index contributed by atoms with van der Waals surface area (Å²) >= 11 is 1.39. The molecule has 0 bridgehead atoms. The smallest absolute Gasteiger partial charge is 0.262 e. The third-order valence-electron chi connectivity index (χ3n) is 6.82. The molecular formula is C27H31N3O3S. The van der Waals surface area contributed by atoms with Crippen molar-refractivity contribution in [3.63, 3.8) is 0 Å². The van der Waals surface area contributed by atoms with Crippen molar-refractivity contribution in [2.45, 2.75) is 49.6 Å². The lowest BCUT2D eigenvalue weighted by molar-refractivity contribution is 0.0368. The average molecular weight is 478 g/mol. The zero-order valence-corrected chi connectivity index (χ0v) is 20.5. The number of thioether (sulfide) groups is 1. The molecule has 0 unspecified atom stereocenters. The predicted molar refractivity (Wildman–Crippen MR) is 136 cm³/mol. The van der Waals surface area contributed by atoms with E-state index >= 15 is 0 Å². The number of aromatic nitrogens is 2. The first-order valence-electron chi connectivity index (χ1n) is 12.2. The van der Waals surface area contributed by atoms with E-state index in [0.717, 1.165) is 64.1 Å². The molecule has 34 heavy (non-hydrogen) atoms. The minimum atomic E-state index is -0.335. The van der Waals surface area contributed by atoms with Gasteiger partial charge in [-0.1, -0.05) is 36.0 Å². The zero-order valence-electron chi connectivity index (χ0n) is 19.7. The quantitative estimate of drug-likeness (QED) is 0.278. The number of Topliss-reactive ketones (excluding diaryl/α,β-unsaturated/α-hetero) is 1. The normalized spacial score (nSPS) is 17.1. The Morgan fingerprint density at radius 1 is 1.09 bits per heavy atom. The molecule has 5 rings (SSSR count). The van der Waals surface area contributed by atoms with Crippen molar-refractivity contribution in [1.29, 1.82) is 0 Å². The lowest BCUT2D eigenvalue weighted by atomic mass is 10.0. The summed E-state index contributed by atoms with van der Waals surface area (Å²) in [5.41, 5.74) is 4.06. The number of fused-ring (bicyclic) bond motifs is 2. The Morgan fingerprint density at radius 2 is 1.88 bits per heavy atom. The maximum absolute atomic E-state index is 13.4. The van der Waals surface area contributed by atoms with Gasteiger partial charge in [0, 0.05) is 31.7 Å². The summed E-state index contributed by atoms with van der Waals surface area (Å²) in [6, 6.07) is 13.6. The molecule has 2 aliphatic rings. The fourth-order valence-corrected chi connectivity index (χ4v) is 5.90. The Morgan fingerprint density at radius 3 is 2.74 bits per heavy atom. The van der Waals surface area contributed by atoms with Gasteiger partial charge in [0.1, 0.15) is 0 Å². The second kappa shape index (κ2) is 10.4. The van der Waals surface area contributed by atoms with Gasteiger partial charge in [-0.2, -0.15) is 0 Å². The second-order valence-electron chi connectivity index (χ2n) is 9.14. The number of rotatable bonds is 8. The van der Waals surface area contributed by atoms with Gasteiger partial charge in [0.05, 0.1) is 29.4 Å². The Balaban J connectivity index is 1.37. The van der Waals surface area contributed by atoms with E-state index in [-0.39, 0.29) is 16.6 Å². The van der Waals surface area contributed by atoms with Crippen LogP contribution in [0.5, 0.6) is 0 Å². The van der Waals surface area contributed by atoms with Gasteiger partial charge in [-0.3, -0.25) is 19.1 Å². The third kappa shape index (κ3) is 4.97. The van der Waals surface area contributed by atoms with E-state index in [9.17, 15) is 9.59 Å². The molecule has 1 atom stereocenters. The van der Waals surface area contributed by atoms with Crippen LogP contribution in [-0.4, -0.2) is 58.3 Å². The predicted octanol–water partition coefficient (Wildman–Crippen LogP) is 3.97. The standard InChI is InChI=1S/C27H31N3O3S/c1-19(25(31)22-11-10-20-6-4-7-21(20)18-22)34-27-28-24-9-3-2-8-23(24)26(32)30(27)13-5-12-29-14-16-33-17-15-29/h2-3,8-11,18-19H,4-7,12-17H2,1H3/t19-/m0/s1. The molecule has 0 amide bonds. The number of para-hydroxylation sites is 1. The highest BCUT2D eigenvalue weighted by Crippen LogP contribution is 2.28. The zero-order chi connectivity index (χ0) is 23.5. The molecule has 0 N–H and O–H groups in total. The van der Waals surface area contributed by atoms with Crippen LogP contribution in [-0.2, 0) is 24.1 Å². The van der Waals surface area contributed by atoms with Crippen molar-refractivity contribution in [3.05, 3.63) is 69.5 Å². The fourth-order valence-electron chi connectivity index (χ4n) is 4.88. The molecular weight excluding hydrogens is 446 g/mol. The number of carbonyl (C=O) groups is 1. The van der Waals surface area contributed by atoms with E-state index < -0.39 is 0 Å². The van der Waals surface area contributed by atoms with Gasteiger partial charge < -0.3 is 4.74 Å². The van der Waals surface area contributed by atoms with Crippen molar-refractivity contribution in [2.75, 3.05) is 32.8 Å². The number of hydrogen-bond acceptors (Lipinski definition) is 6. The summed E-state index contributed by atoms with van der Waals surface area (Å²) < 4.78 is 7.20. The topological polar surface area (TPSA) is 64.4 Å². The minimum Gasteiger partial charge on any atom is -0.379 e. The number of ether oxygens (including phenoxy) is 1. The van der Waals surface area contributed by atoms with Gasteiger partial charge >= 0.3 is 0 Å². The summed E-state index contributed by atoms with van der Waals surface area (Å²) in [5.74, 6) is 0.0852. The van der Waals surface area contributed by atoms with Gasteiger partial charge in [-0.05, 0) is 61.9 Å². The van der Waals surface area contributed by atoms with E-state index in [2.05, 4.69) is 17.0 Å². The second-order valence-corrected chi connectivity index (χ2v) is 10.4. The highest BCUT2D eigenvalue weighted by Gasteiger charge is 2.22. The van der Waals surface area contributed by atoms with Crippen LogP contribution in [0.1, 0.15) is 41.3 Å². The van der Waals surface area contributed by atoms with Gasteiger partial charge in [-0.25, -0.2) is 4.98 Å². The number of carbonyl (C=O) groups excluding carboxylic acids is 1. The largest absolute Gasteiger partial charge is 0.379 e. The molecule has 7 heteroatoms. The third-order valence-corrected chi connectivity index (χ3v) is 7.91. The maximum Gasteiger partial charge on any atom is 0.262 e. The summed E-state index contributed by atoms with van der Waals surface area (Å²) in [5, 5.41) is 0.904. The molecule has 0 spiro atoms. The van der Waals surface area contributed by atoms with E-state index in [0.29, 0.717) is 22.6 Å². The fraction of sp³-hybridized carbons (Fsp3) is 0.444. The first-order valence-corrected chi connectivity index (χ1v) is 13.1. The molecule has 1 aliphatic carbocycles. The summed E-state index contributed by atoms with van der Waals surface area (Å²) in [6.07, 6.45) is 4.16. The number of benzene rings is 2. The average Bonchev–Trinajstić information content (AvgIpc) is 3.34. The molecule has 1 saturated heterocycles. The lowest BCUT2D eigenvalue weighted by Gasteiger charge is -2.26. The number of ketones is 1. The highest BCUT2D eigenvalue weighted by atomic mass is 32.2. The molecule has 2 aromatic carbocycles. The lowest BCUT2D eigenvalue weighted by Crippen LogP contribution is -2.37. The van der Waals surface area contributed by atoms with Crippen LogP contribution in [0.25, 0.3) is 10.9 Å². The molecule has 6 nitrogen and oxygen atoms in total. The Labute approximate surface area is 204 Å². The van der Waals surface area contributed by atoms with Crippen molar-refractivity contribution in [3.8, 4) is 0 Å². The Hall–Kier alpha value is -2.48. The van der Waals surface area contributed by atoms with Gasteiger partial charge in [-0.15, -0.1) is 0 Å². The minimum absolute atomic E-state index is 0.0349. The molecule has 0 radical (unpaired) electrons. The summed E-state index contributed by atoms with van der Waals surface area (Å²) in [7, 11) is 0. The van der Waals surface area contributed by atoms with E-state index in [4.69, 9.17) is 9.72 Å². The first kappa shape index (κ1) is 23.3. The van der Waals surface area contributed by atoms with Gasteiger partial charge in [0.15, 0.2) is 10.9 Å². The van der Waals surface area contributed by atoms with Crippen LogP contribution < -0.4 is 5.56 Å². The number of nitrogens with zero attached hydrogens (tertiary/aromatic N) is 3. The Kier molecular flexibility index (Phi) is 7.13. The van der Waals surface area contributed by atoms with Crippen LogP contribution >= 0.6 is 11.8 Å². The van der Waals surface area contributed by atoms with Crippen LogP contribution in [0.2, 0.25) is 0 Å². The number of aryl methyl sites for hydroxylation is 2. The summed E-state index contributed by atoms with van der Waals surface area (Å²) in [6.45, 7) is 6.80. The molecule has 178 valence electrons. The van der Waals surface area contributed by atoms with Gasteiger partial charge in [0.2, 0.25) is 0 Å². The van der Waals surface area contributed by atoms with Crippen LogP contribution in [0.4, 0.5) is 0 Å². The molecule has 2 heterocycles. The van der Waals surface area contributed by atoms with Gasteiger partial charge in [0.25, 0.3) is 5.56 Å². The first-order chi connectivity index (χ1) is 16.6. The van der Waals surface area contributed by atoms with Crippen LogP contribution in [0.3, 0.4) is 0 Å². The monoisotopic (exact) mass is 477 g/mol. The summed E-state index contributed by atoms with van der Waals surface area (Å²) in [4.78, 5) is 33.8. The van der Waals surface area contributed by atoms with Crippen molar-refractivity contribution >= 4 is 28.4 Å². The van der Waals surface area contributed by atoms with Crippen molar-refractivity contribution in [1.82, 2.24) is 14.5 Å². The number of hydrogen-bond donors (Lipinski definition) is 0. The molecule has 1 aliphatic heterocycles. The van der Waals surface area contributed by atoms with E-state index in [1.54, 1.807) is 4.57 Å². The maximum atomic E-state index is 13.4.